The van der Waals surface area contributed by atoms with Crippen molar-refractivity contribution in [2.45, 2.75) is 13.5 Å². The molecule has 0 saturated heterocycles. The van der Waals surface area contributed by atoms with Gasteiger partial charge >= 0.3 is 0 Å². The van der Waals surface area contributed by atoms with Crippen molar-refractivity contribution in [2.75, 3.05) is 5.32 Å². The van der Waals surface area contributed by atoms with E-state index in [0.29, 0.717) is 17.3 Å². The molecule has 94 valence electrons. The van der Waals surface area contributed by atoms with Gasteiger partial charge in [0.2, 0.25) is 0 Å². The first-order chi connectivity index (χ1) is 8.56. The second kappa shape index (κ2) is 5.63. The van der Waals surface area contributed by atoms with E-state index in [1.165, 1.54) is 0 Å². The predicted octanol–water partition coefficient (Wildman–Crippen LogP) is 4.73. The summed E-state index contributed by atoms with van der Waals surface area (Å²) in [5, 5.41) is 13.6. The van der Waals surface area contributed by atoms with E-state index >= 15 is 0 Å². The largest absolute Gasteiger partial charge is 0.508 e. The maximum Gasteiger partial charge on any atom is 0.120 e. The van der Waals surface area contributed by atoms with Crippen LogP contribution in [-0.4, -0.2) is 5.11 Å². The average Bonchev–Trinajstić information content (AvgIpc) is 2.32. The van der Waals surface area contributed by atoms with Gasteiger partial charge in [0.15, 0.2) is 0 Å². The molecule has 18 heavy (non-hydrogen) atoms. The van der Waals surface area contributed by atoms with Gasteiger partial charge in [-0.2, -0.15) is 0 Å². The molecule has 0 fully saturated rings. The molecule has 0 amide bonds. The van der Waals surface area contributed by atoms with E-state index in [9.17, 15) is 5.11 Å². The van der Waals surface area contributed by atoms with Crippen LogP contribution in [0.3, 0.4) is 0 Å². The summed E-state index contributed by atoms with van der Waals surface area (Å²) in [6.07, 6.45) is 0. The number of phenols is 1. The summed E-state index contributed by atoms with van der Waals surface area (Å²) in [5.41, 5.74) is 2.75. The molecule has 4 heteroatoms. The fourth-order valence-corrected chi connectivity index (χ4v) is 2.32. The van der Waals surface area contributed by atoms with Gasteiger partial charge in [0.05, 0.1) is 0 Å². The van der Waals surface area contributed by atoms with Gasteiger partial charge in [0.1, 0.15) is 5.75 Å². The smallest absolute Gasteiger partial charge is 0.120 e. The molecule has 0 aliphatic rings. The topological polar surface area (TPSA) is 32.3 Å². The summed E-state index contributed by atoms with van der Waals surface area (Å²) in [7, 11) is 0. The molecule has 0 bridgehead atoms. The lowest BCUT2D eigenvalue weighted by molar-refractivity contribution is 0.471. The van der Waals surface area contributed by atoms with Crippen molar-refractivity contribution in [3.8, 4) is 5.75 Å². The molecule has 2 N–H and O–H groups in total. The van der Waals surface area contributed by atoms with E-state index in [-0.39, 0.29) is 0 Å². The fraction of sp³-hybridized carbons (Fsp3) is 0.143. The van der Waals surface area contributed by atoms with E-state index < -0.39 is 0 Å². The number of aryl methyl sites for hydroxylation is 1. The quantitative estimate of drug-likeness (QED) is 0.854. The maximum atomic E-state index is 9.62. The highest BCUT2D eigenvalue weighted by atomic mass is 79.9. The normalized spacial score (nSPS) is 10.4. The molecular weight excluding hydrogens is 314 g/mol. The zero-order valence-corrected chi connectivity index (χ0v) is 12.2. The Morgan fingerprint density at radius 2 is 2.00 bits per heavy atom. The highest BCUT2D eigenvalue weighted by Gasteiger charge is 2.02. The maximum absolute atomic E-state index is 9.62. The van der Waals surface area contributed by atoms with Crippen LogP contribution in [0.15, 0.2) is 40.9 Å². The van der Waals surface area contributed by atoms with Crippen molar-refractivity contribution in [1.82, 2.24) is 0 Å². The van der Waals surface area contributed by atoms with Crippen molar-refractivity contribution in [3.63, 3.8) is 0 Å². The second-order valence-corrected chi connectivity index (χ2v) is 5.41. The molecule has 0 spiro atoms. The minimum Gasteiger partial charge on any atom is -0.508 e. The molecule has 0 radical (unpaired) electrons. The summed E-state index contributed by atoms with van der Waals surface area (Å²) >= 11 is 9.50. The molecule has 2 nitrogen and oxygen atoms in total. The van der Waals surface area contributed by atoms with Gasteiger partial charge in [0.25, 0.3) is 0 Å². The molecule has 0 atom stereocenters. The molecule has 0 aliphatic carbocycles. The molecule has 2 aromatic rings. The van der Waals surface area contributed by atoms with Gasteiger partial charge in [-0.15, -0.1) is 0 Å². The van der Waals surface area contributed by atoms with Gasteiger partial charge in [-0.05, 0) is 36.2 Å². The van der Waals surface area contributed by atoms with Crippen molar-refractivity contribution in [2.24, 2.45) is 0 Å². The zero-order valence-electron chi connectivity index (χ0n) is 9.87. The first kappa shape index (κ1) is 13.2. The summed E-state index contributed by atoms with van der Waals surface area (Å²) < 4.78 is 0.962. The molecule has 2 aromatic carbocycles. The van der Waals surface area contributed by atoms with Gasteiger partial charge < -0.3 is 10.4 Å². The number of hydrogen-bond acceptors (Lipinski definition) is 2. The Labute approximate surface area is 120 Å². The lowest BCUT2D eigenvalue weighted by atomic mass is 10.2. The SMILES string of the molecule is Cc1ccc(NCc2ccc(Br)cc2Cl)cc1O. The lowest BCUT2D eigenvalue weighted by Crippen LogP contribution is -2.00. The standard InChI is InChI=1S/C14H13BrClNO/c1-9-2-5-12(7-14(9)18)17-8-10-3-4-11(15)6-13(10)16/h2-7,17-18H,8H2,1H3. The van der Waals surface area contributed by atoms with Crippen molar-refractivity contribution < 1.29 is 5.11 Å². The fourth-order valence-electron chi connectivity index (χ4n) is 1.58. The van der Waals surface area contributed by atoms with Crippen LogP contribution in [0.1, 0.15) is 11.1 Å². The van der Waals surface area contributed by atoms with E-state index in [1.807, 2.05) is 37.3 Å². The van der Waals surface area contributed by atoms with Crippen molar-refractivity contribution >= 4 is 33.2 Å². The minimum atomic E-state index is 0.293. The van der Waals surface area contributed by atoms with Crippen LogP contribution < -0.4 is 5.32 Å². The number of phenolic OH excluding ortho intramolecular Hbond substituents is 1. The van der Waals surface area contributed by atoms with Crippen LogP contribution >= 0.6 is 27.5 Å². The monoisotopic (exact) mass is 325 g/mol. The lowest BCUT2D eigenvalue weighted by Gasteiger charge is -2.09. The van der Waals surface area contributed by atoms with Gasteiger partial charge in [0, 0.05) is 27.8 Å². The molecule has 0 aliphatic heterocycles. The van der Waals surface area contributed by atoms with Crippen LogP contribution in [0.4, 0.5) is 5.69 Å². The van der Waals surface area contributed by atoms with Crippen molar-refractivity contribution in [3.05, 3.63) is 57.0 Å². The summed E-state index contributed by atoms with van der Waals surface area (Å²) in [6, 6.07) is 11.3. The Kier molecular flexibility index (Phi) is 4.15. The molecular formula is C14H13BrClNO. The van der Waals surface area contributed by atoms with Crippen LogP contribution in [-0.2, 0) is 6.54 Å². The number of anilines is 1. The van der Waals surface area contributed by atoms with Gasteiger partial charge in [-0.3, -0.25) is 0 Å². The average molecular weight is 327 g/mol. The van der Waals surface area contributed by atoms with Crippen LogP contribution in [0.5, 0.6) is 5.75 Å². The highest BCUT2D eigenvalue weighted by Crippen LogP contribution is 2.24. The molecule has 0 saturated carbocycles. The number of halogens is 2. The van der Waals surface area contributed by atoms with Crippen molar-refractivity contribution in [1.29, 1.82) is 0 Å². The van der Waals surface area contributed by atoms with E-state index in [4.69, 9.17) is 11.6 Å². The molecule has 0 heterocycles. The summed E-state index contributed by atoms with van der Waals surface area (Å²) in [5.74, 6) is 0.293. The summed E-state index contributed by atoms with van der Waals surface area (Å²) in [6.45, 7) is 2.49. The Bertz CT molecular complexity index is 572. The highest BCUT2D eigenvalue weighted by molar-refractivity contribution is 9.10. The number of rotatable bonds is 3. The number of hydrogen-bond donors (Lipinski definition) is 2. The number of benzene rings is 2. The van der Waals surface area contributed by atoms with E-state index in [1.54, 1.807) is 6.07 Å². The molecule has 0 aromatic heterocycles. The third-order valence-corrected chi connectivity index (χ3v) is 3.55. The first-order valence-corrected chi connectivity index (χ1v) is 6.71. The third kappa shape index (κ3) is 3.18. The van der Waals surface area contributed by atoms with E-state index in [0.717, 1.165) is 21.3 Å². The number of aromatic hydroxyl groups is 1. The van der Waals surface area contributed by atoms with Gasteiger partial charge in [-0.1, -0.05) is 39.7 Å². The Morgan fingerprint density at radius 1 is 1.22 bits per heavy atom. The predicted molar refractivity (Wildman–Crippen MR) is 79.3 cm³/mol. The Morgan fingerprint density at radius 3 is 2.67 bits per heavy atom. The molecule has 0 unspecified atom stereocenters. The van der Waals surface area contributed by atoms with Crippen LogP contribution in [0.25, 0.3) is 0 Å². The molecule has 2 rings (SSSR count). The van der Waals surface area contributed by atoms with E-state index in [2.05, 4.69) is 21.2 Å². The summed E-state index contributed by atoms with van der Waals surface area (Å²) in [4.78, 5) is 0. The zero-order chi connectivity index (χ0) is 13.1. The van der Waals surface area contributed by atoms with Crippen LogP contribution in [0, 0.1) is 6.92 Å². The minimum absolute atomic E-state index is 0.293. The second-order valence-electron chi connectivity index (χ2n) is 4.09. The first-order valence-electron chi connectivity index (χ1n) is 5.53. The van der Waals surface area contributed by atoms with Crippen LogP contribution in [0.2, 0.25) is 5.02 Å². The third-order valence-electron chi connectivity index (χ3n) is 2.71. The Hall–Kier alpha value is -1.19. The Balaban J connectivity index is 2.09. The number of nitrogens with one attached hydrogen (secondary N) is 1. The van der Waals surface area contributed by atoms with Gasteiger partial charge in [-0.25, -0.2) is 0 Å².